The van der Waals surface area contributed by atoms with Crippen LogP contribution in [0.2, 0.25) is 0 Å². The molecule has 21 heavy (non-hydrogen) atoms. The maximum absolute atomic E-state index is 5.47. The fourth-order valence-corrected chi connectivity index (χ4v) is 1.75. The molecule has 0 aliphatic rings. The maximum Gasteiger partial charge on any atom is 0.316 e. The molecule has 0 fully saturated rings. The fourth-order valence-electron chi connectivity index (χ4n) is 1.75. The molecule has 106 valence electrons. The normalized spacial score (nSPS) is 10.6. The molecule has 0 atom stereocenters. The van der Waals surface area contributed by atoms with E-state index in [9.17, 15) is 0 Å². The second kappa shape index (κ2) is 5.66. The predicted molar refractivity (Wildman–Crippen MR) is 75.0 cm³/mol. The van der Waals surface area contributed by atoms with Crippen molar-refractivity contribution in [2.75, 3.05) is 0 Å². The molecule has 0 spiro atoms. The standard InChI is InChI=1S/C14H14N6O/c1-10-3-13(7-15-4-10)20-8-12(18-19-20)9-21-14-16-5-11(2)6-17-14/h3-8H,9H2,1-2H3. The minimum atomic E-state index is 0.266. The van der Waals surface area contributed by atoms with Gasteiger partial charge in [-0.05, 0) is 31.0 Å². The first-order chi connectivity index (χ1) is 10.2. The lowest BCUT2D eigenvalue weighted by Crippen LogP contribution is -1.99. The smallest absolute Gasteiger partial charge is 0.316 e. The molecule has 0 N–H and O–H groups in total. The topological polar surface area (TPSA) is 78.6 Å². The number of nitrogens with zero attached hydrogens (tertiary/aromatic N) is 6. The van der Waals surface area contributed by atoms with Crippen LogP contribution in [0, 0.1) is 13.8 Å². The molecule has 0 saturated heterocycles. The van der Waals surface area contributed by atoms with Gasteiger partial charge >= 0.3 is 6.01 Å². The second-order valence-corrected chi connectivity index (χ2v) is 4.71. The summed E-state index contributed by atoms with van der Waals surface area (Å²) in [5, 5.41) is 8.12. The molecule has 3 heterocycles. The minimum absolute atomic E-state index is 0.266. The minimum Gasteiger partial charge on any atom is -0.457 e. The van der Waals surface area contributed by atoms with Gasteiger partial charge in [0, 0.05) is 18.6 Å². The summed E-state index contributed by atoms with van der Waals surface area (Å²) in [6.07, 6.45) is 8.73. The summed E-state index contributed by atoms with van der Waals surface area (Å²) < 4.78 is 7.13. The van der Waals surface area contributed by atoms with Gasteiger partial charge in [0.1, 0.15) is 12.3 Å². The Bertz CT molecular complexity index is 737. The van der Waals surface area contributed by atoms with Gasteiger partial charge in [-0.25, -0.2) is 14.6 Å². The van der Waals surface area contributed by atoms with Crippen LogP contribution in [0.3, 0.4) is 0 Å². The van der Waals surface area contributed by atoms with Crippen LogP contribution in [0.5, 0.6) is 6.01 Å². The Morgan fingerprint density at radius 1 is 1.05 bits per heavy atom. The van der Waals surface area contributed by atoms with Gasteiger partial charge in [-0.3, -0.25) is 4.98 Å². The highest BCUT2D eigenvalue weighted by molar-refractivity contribution is 5.30. The van der Waals surface area contributed by atoms with Crippen LogP contribution in [0.15, 0.2) is 37.1 Å². The molecule has 0 saturated carbocycles. The summed E-state index contributed by atoms with van der Waals surface area (Å²) in [6, 6.07) is 2.31. The molecular formula is C14H14N6O. The summed E-state index contributed by atoms with van der Waals surface area (Å²) in [5.74, 6) is 0. The highest BCUT2D eigenvalue weighted by atomic mass is 16.5. The lowest BCUT2D eigenvalue weighted by Gasteiger charge is -2.01. The largest absolute Gasteiger partial charge is 0.457 e. The zero-order chi connectivity index (χ0) is 14.7. The summed E-state index contributed by atoms with van der Waals surface area (Å²) in [6.45, 7) is 4.17. The van der Waals surface area contributed by atoms with Gasteiger partial charge in [0.2, 0.25) is 0 Å². The van der Waals surface area contributed by atoms with Crippen LogP contribution in [-0.2, 0) is 6.61 Å². The van der Waals surface area contributed by atoms with Crippen molar-refractivity contribution in [2.24, 2.45) is 0 Å². The third kappa shape index (κ3) is 3.19. The van der Waals surface area contributed by atoms with E-state index in [1.165, 1.54) is 0 Å². The van der Waals surface area contributed by atoms with E-state index in [4.69, 9.17) is 4.74 Å². The van der Waals surface area contributed by atoms with E-state index in [-0.39, 0.29) is 6.61 Å². The van der Waals surface area contributed by atoms with Crippen molar-refractivity contribution in [1.29, 1.82) is 0 Å². The average molecular weight is 282 g/mol. The summed E-state index contributed by atoms with van der Waals surface area (Å²) >= 11 is 0. The third-order valence-corrected chi connectivity index (χ3v) is 2.77. The molecule has 0 aromatic carbocycles. The Hall–Kier alpha value is -2.83. The van der Waals surface area contributed by atoms with Gasteiger partial charge in [-0.15, -0.1) is 5.10 Å². The number of hydrogen-bond acceptors (Lipinski definition) is 6. The van der Waals surface area contributed by atoms with Gasteiger partial charge in [0.25, 0.3) is 0 Å². The first-order valence-corrected chi connectivity index (χ1v) is 6.45. The van der Waals surface area contributed by atoms with E-state index in [2.05, 4.69) is 25.3 Å². The fraction of sp³-hybridized carbons (Fsp3) is 0.214. The van der Waals surface area contributed by atoms with E-state index in [0.717, 1.165) is 16.8 Å². The number of pyridine rings is 1. The van der Waals surface area contributed by atoms with Crippen molar-refractivity contribution < 1.29 is 4.74 Å². The average Bonchev–Trinajstić information content (AvgIpc) is 2.96. The van der Waals surface area contributed by atoms with Crippen LogP contribution >= 0.6 is 0 Å². The van der Waals surface area contributed by atoms with Crippen LogP contribution < -0.4 is 4.74 Å². The molecule has 7 heteroatoms. The predicted octanol–water partition coefficient (Wildman–Crippen LogP) is 1.65. The van der Waals surface area contributed by atoms with Crippen molar-refractivity contribution in [2.45, 2.75) is 20.5 Å². The molecule has 0 amide bonds. The molecule has 0 bridgehead atoms. The lowest BCUT2D eigenvalue weighted by atomic mass is 10.3. The van der Waals surface area contributed by atoms with Crippen molar-refractivity contribution in [3.8, 4) is 11.7 Å². The number of aromatic nitrogens is 6. The van der Waals surface area contributed by atoms with Crippen molar-refractivity contribution in [1.82, 2.24) is 29.9 Å². The Morgan fingerprint density at radius 2 is 1.86 bits per heavy atom. The van der Waals surface area contributed by atoms with E-state index >= 15 is 0 Å². The molecule has 0 aliphatic carbocycles. The zero-order valence-electron chi connectivity index (χ0n) is 11.8. The SMILES string of the molecule is Cc1cnc(OCc2cn(-c3cncc(C)c3)nn2)nc1. The van der Waals surface area contributed by atoms with Crippen LogP contribution in [0.25, 0.3) is 5.69 Å². The molecule has 3 rings (SSSR count). The Morgan fingerprint density at radius 3 is 2.62 bits per heavy atom. The number of ether oxygens (including phenoxy) is 1. The van der Waals surface area contributed by atoms with Gasteiger partial charge in [0.15, 0.2) is 0 Å². The van der Waals surface area contributed by atoms with E-state index in [1.54, 1.807) is 35.7 Å². The summed E-state index contributed by atoms with van der Waals surface area (Å²) in [7, 11) is 0. The van der Waals surface area contributed by atoms with Crippen molar-refractivity contribution >= 4 is 0 Å². The molecular weight excluding hydrogens is 268 g/mol. The number of aryl methyl sites for hydroxylation is 2. The molecule has 3 aromatic heterocycles. The molecule has 0 radical (unpaired) electrons. The van der Waals surface area contributed by atoms with Gasteiger partial charge in [-0.1, -0.05) is 5.21 Å². The van der Waals surface area contributed by atoms with Gasteiger partial charge < -0.3 is 4.74 Å². The van der Waals surface area contributed by atoms with E-state index in [0.29, 0.717) is 11.7 Å². The molecule has 3 aromatic rings. The van der Waals surface area contributed by atoms with E-state index < -0.39 is 0 Å². The second-order valence-electron chi connectivity index (χ2n) is 4.71. The molecule has 7 nitrogen and oxygen atoms in total. The highest BCUT2D eigenvalue weighted by Gasteiger charge is 2.05. The molecule has 0 unspecified atom stereocenters. The highest BCUT2D eigenvalue weighted by Crippen LogP contribution is 2.09. The number of rotatable bonds is 4. The quantitative estimate of drug-likeness (QED) is 0.724. The molecule has 0 aliphatic heterocycles. The lowest BCUT2D eigenvalue weighted by molar-refractivity contribution is 0.276. The Balaban J connectivity index is 1.69. The maximum atomic E-state index is 5.47. The van der Waals surface area contributed by atoms with Crippen molar-refractivity contribution in [3.05, 3.63) is 53.9 Å². The van der Waals surface area contributed by atoms with Crippen LogP contribution in [-0.4, -0.2) is 29.9 Å². The van der Waals surface area contributed by atoms with E-state index in [1.807, 2.05) is 19.9 Å². The third-order valence-electron chi connectivity index (χ3n) is 2.77. The van der Waals surface area contributed by atoms with Gasteiger partial charge in [-0.2, -0.15) is 0 Å². The Labute approximate surface area is 121 Å². The van der Waals surface area contributed by atoms with Gasteiger partial charge in [0.05, 0.1) is 18.1 Å². The monoisotopic (exact) mass is 282 g/mol. The van der Waals surface area contributed by atoms with Crippen molar-refractivity contribution in [3.63, 3.8) is 0 Å². The number of hydrogen-bond donors (Lipinski definition) is 0. The first-order valence-electron chi connectivity index (χ1n) is 6.45. The first kappa shape index (κ1) is 13.2. The summed E-state index contributed by atoms with van der Waals surface area (Å²) in [4.78, 5) is 12.3. The van der Waals surface area contributed by atoms with Crippen LogP contribution in [0.4, 0.5) is 0 Å². The summed E-state index contributed by atoms with van der Waals surface area (Å²) in [5.41, 5.74) is 3.61. The Kier molecular flexibility index (Phi) is 3.55. The van der Waals surface area contributed by atoms with Crippen LogP contribution in [0.1, 0.15) is 16.8 Å². The zero-order valence-corrected chi connectivity index (χ0v) is 11.8.